The highest BCUT2D eigenvalue weighted by molar-refractivity contribution is 7.87. The van der Waals surface area contributed by atoms with Gasteiger partial charge in [-0.05, 0) is 25.3 Å². The van der Waals surface area contributed by atoms with Gasteiger partial charge in [-0.1, -0.05) is 0 Å². The molecular weight excluding hydrogens is 278 g/mol. The van der Waals surface area contributed by atoms with E-state index < -0.39 is 10.2 Å². The van der Waals surface area contributed by atoms with Gasteiger partial charge in [-0.25, -0.2) is 9.97 Å². The Labute approximate surface area is 120 Å². The monoisotopic (exact) mass is 299 g/mol. The molecule has 1 aromatic heterocycles. The Morgan fingerprint density at radius 1 is 1.30 bits per heavy atom. The minimum Gasteiger partial charge on any atom is -0.341 e. The van der Waals surface area contributed by atoms with Crippen LogP contribution in [-0.4, -0.2) is 49.9 Å². The van der Waals surface area contributed by atoms with Crippen molar-refractivity contribution in [3.05, 3.63) is 18.0 Å². The summed E-state index contributed by atoms with van der Waals surface area (Å²) in [7, 11) is -0.450. The lowest BCUT2D eigenvalue weighted by molar-refractivity contribution is 0.504. The molecule has 0 amide bonds. The smallest absolute Gasteiger partial charge is 0.279 e. The van der Waals surface area contributed by atoms with Crippen LogP contribution in [0.3, 0.4) is 0 Å². The second kappa shape index (κ2) is 6.47. The van der Waals surface area contributed by atoms with Crippen LogP contribution in [0.1, 0.15) is 25.0 Å². The molecule has 0 spiro atoms. The van der Waals surface area contributed by atoms with Crippen LogP contribution in [0.15, 0.2) is 12.3 Å². The van der Waals surface area contributed by atoms with E-state index in [9.17, 15) is 8.42 Å². The van der Waals surface area contributed by atoms with Crippen LogP contribution < -0.4 is 9.62 Å². The van der Waals surface area contributed by atoms with Crippen molar-refractivity contribution in [2.75, 3.05) is 32.1 Å². The number of nitrogens with one attached hydrogen (secondary N) is 1. The maximum Gasteiger partial charge on any atom is 0.279 e. The van der Waals surface area contributed by atoms with Crippen molar-refractivity contribution in [3.8, 4) is 0 Å². The van der Waals surface area contributed by atoms with Crippen molar-refractivity contribution in [2.24, 2.45) is 0 Å². The summed E-state index contributed by atoms with van der Waals surface area (Å²) in [5, 5.41) is 0. The quantitative estimate of drug-likeness (QED) is 0.849. The van der Waals surface area contributed by atoms with E-state index in [-0.39, 0.29) is 6.54 Å². The molecule has 0 saturated carbocycles. The summed E-state index contributed by atoms with van der Waals surface area (Å²) in [6.45, 7) is 2.10. The van der Waals surface area contributed by atoms with Crippen molar-refractivity contribution in [1.82, 2.24) is 19.0 Å². The highest BCUT2D eigenvalue weighted by Gasteiger charge is 2.15. The second-order valence-corrected chi connectivity index (χ2v) is 6.97. The van der Waals surface area contributed by atoms with E-state index in [4.69, 9.17) is 0 Å². The predicted octanol–water partition coefficient (Wildman–Crippen LogP) is 0.363. The molecule has 0 aliphatic carbocycles. The highest BCUT2D eigenvalue weighted by Crippen LogP contribution is 2.15. The molecule has 0 radical (unpaired) electrons. The summed E-state index contributed by atoms with van der Waals surface area (Å²) < 4.78 is 26.9. The van der Waals surface area contributed by atoms with E-state index in [1.807, 2.05) is 0 Å². The normalized spacial score (nSPS) is 16.6. The van der Waals surface area contributed by atoms with Crippen molar-refractivity contribution in [1.29, 1.82) is 0 Å². The first kappa shape index (κ1) is 15.1. The Morgan fingerprint density at radius 2 is 2.00 bits per heavy atom. The van der Waals surface area contributed by atoms with Crippen LogP contribution in [0.25, 0.3) is 0 Å². The largest absolute Gasteiger partial charge is 0.341 e. The van der Waals surface area contributed by atoms with Gasteiger partial charge < -0.3 is 4.90 Å². The average Bonchev–Trinajstić information content (AvgIpc) is 2.46. The molecule has 2 rings (SSSR count). The Balaban J connectivity index is 2.02. The first-order valence-electron chi connectivity index (χ1n) is 6.73. The number of anilines is 1. The summed E-state index contributed by atoms with van der Waals surface area (Å²) in [4.78, 5) is 10.8. The van der Waals surface area contributed by atoms with Gasteiger partial charge in [0.1, 0.15) is 0 Å². The number of hydrogen-bond acceptors (Lipinski definition) is 5. The Bertz CT molecular complexity index is 541. The lowest BCUT2D eigenvalue weighted by Gasteiger charge is -2.26. The Kier molecular flexibility index (Phi) is 4.90. The first-order valence-corrected chi connectivity index (χ1v) is 8.17. The van der Waals surface area contributed by atoms with Crippen molar-refractivity contribution in [3.63, 3.8) is 0 Å². The zero-order valence-electron chi connectivity index (χ0n) is 11.9. The summed E-state index contributed by atoms with van der Waals surface area (Å²) in [6.07, 6.45) is 5.23. The predicted molar refractivity (Wildman–Crippen MR) is 77.5 cm³/mol. The van der Waals surface area contributed by atoms with Gasteiger partial charge >= 0.3 is 0 Å². The Hall–Kier alpha value is -1.25. The molecule has 0 bridgehead atoms. The van der Waals surface area contributed by atoms with E-state index in [1.54, 1.807) is 12.3 Å². The molecule has 1 N–H and O–H groups in total. The van der Waals surface area contributed by atoms with Crippen molar-refractivity contribution >= 4 is 16.2 Å². The van der Waals surface area contributed by atoms with E-state index in [1.165, 1.54) is 20.5 Å². The molecule has 8 heteroatoms. The second-order valence-electron chi connectivity index (χ2n) is 5.00. The van der Waals surface area contributed by atoms with E-state index >= 15 is 0 Å². The van der Waals surface area contributed by atoms with Crippen molar-refractivity contribution < 1.29 is 8.42 Å². The summed E-state index contributed by atoms with van der Waals surface area (Å²) in [6, 6.07) is 1.73. The SMILES string of the molecule is CN(C)S(=O)(=O)NCc1ccnc(N2CCCCC2)n1. The molecule has 1 aliphatic heterocycles. The number of aromatic nitrogens is 2. The maximum atomic E-state index is 11.7. The molecule has 2 heterocycles. The van der Waals surface area contributed by atoms with Crippen LogP contribution >= 0.6 is 0 Å². The number of nitrogens with zero attached hydrogens (tertiary/aromatic N) is 4. The topological polar surface area (TPSA) is 78.4 Å². The van der Waals surface area contributed by atoms with Crippen LogP contribution in [0.4, 0.5) is 5.95 Å². The number of rotatable bonds is 5. The summed E-state index contributed by atoms with van der Waals surface area (Å²) >= 11 is 0. The van der Waals surface area contributed by atoms with E-state index in [2.05, 4.69) is 19.6 Å². The van der Waals surface area contributed by atoms with Gasteiger partial charge in [0.25, 0.3) is 10.2 Å². The zero-order valence-corrected chi connectivity index (χ0v) is 12.7. The molecule has 0 unspecified atom stereocenters. The molecular formula is C12H21N5O2S. The van der Waals surface area contributed by atoms with Crippen LogP contribution in [0, 0.1) is 0 Å². The standard InChI is InChI=1S/C12H21N5O2S/c1-16(2)20(18,19)14-10-11-6-7-13-12(15-11)17-8-4-3-5-9-17/h6-7,14H,3-5,8-10H2,1-2H3. The highest BCUT2D eigenvalue weighted by atomic mass is 32.2. The number of piperidine rings is 1. The minimum atomic E-state index is -3.42. The van der Waals surface area contributed by atoms with Gasteiger partial charge in [0.2, 0.25) is 5.95 Å². The van der Waals surface area contributed by atoms with Crippen LogP contribution in [0.5, 0.6) is 0 Å². The Morgan fingerprint density at radius 3 is 2.65 bits per heavy atom. The van der Waals surface area contributed by atoms with Crippen LogP contribution in [-0.2, 0) is 16.8 Å². The fourth-order valence-corrected chi connectivity index (χ4v) is 2.61. The zero-order chi connectivity index (χ0) is 14.6. The molecule has 112 valence electrons. The van der Waals surface area contributed by atoms with Gasteiger partial charge in [-0.2, -0.15) is 17.4 Å². The molecule has 20 heavy (non-hydrogen) atoms. The third-order valence-electron chi connectivity index (χ3n) is 3.26. The van der Waals surface area contributed by atoms with E-state index in [0.29, 0.717) is 11.6 Å². The minimum absolute atomic E-state index is 0.171. The fraction of sp³-hybridized carbons (Fsp3) is 0.667. The summed E-state index contributed by atoms with van der Waals surface area (Å²) in [5.41, 5.74) is 0.672. The molecule has 7 nitrogen and oxygen atoms in total. The lowest BCUT2D eigenvalue weighted by Crippen LogP contribution is -2.35. The molecule has 0 atom stereocenters. The molecule has 1 saturated heterocycles. The molecule has 0 aromatic carbocycles. The van der Waals surface area contributed by atoms with Gasteiger partial charge in [0.05, 0.1) is 12.2 Å². The molecule has 1 fully saturated rings. The first-order chi connectivity index (χ1) is 9.49. The maximum absolute atomic E-state index is 11.7. The van der Waals surface area contributed by atoms with Gasteiger partial charge in [0.15, 0.2) is 0 Å². The van der Waals surface area contributed by atoms with Crippen LogP contribution in [0.2, 0.25) is 0 Å². The third kappa shape index (κ3) is 3.87. The van der Waals surface area contributed by atoms with E-state index in [0.717, 1.165) is 30.2 Å². The molecule has 1 aromatic rings. The van der Waals surface area contributed by atoms with Gasteiger partial charge in [0, 0.05) is 33.4 Å². The number of hydrogen-bond donors (Lipinski definition) is 1. The third-order valence-corrected chi connectivity index (χ3v) is 4.73. The van der Waals surface area contributed by atoms with Gasteiger partial charge in [-0.15, -0.1) is 0 Å². The lowest BCUT2D eigenvalue weighted by atomic mass is 10.1. The molecule has 1 aliphatic rings. The summed E-state index contributed by atoms with van der Waals surface area (Å²) in [5.74, 6) is 0.686. The average molecular weight is 299 g/mol. The van der Waals surface area contributed by atoms with Gasteiger partial charge in [-0.3, -0.25) is 0 Å². The van der Waals surface area contributed by atoms with Crippen molar-refractivity contribution in [2.45, 2.75) is 25.8 Å². The fourth-order valence-electron chi connectivity index (χ4n) is 2.02.